The Hall–Kier alpha value is -1.68. The van der Waals surface area contributed by atoms with Crippen molar-refractivity contribution in [3.05, 3.63) is 62.6 Å². The van der Waals surface area contributed by atoms with E-state index in [1.165, 1.54) is 0 Å². The summed E-state index contributed by atoms with van der Waals surface area (Å²) in [6.07, 6.45) is 1.72. The van der Waals surface area contributed by atoms with Crippen LogP contribution in [0, 0.1) is 20.8 Å². The third kappa shape index (κ3) is 3.25. The van der Waals surface area contributed by atoms with Gasteiger partial charge in [-0.2, -0.15) is 0 Å². The Bertz CT molecular complexity index is 866. The Morgan fingerprint density at radius 3 is 2.12 bits per heavy atom. The fourth-order valence-electron chi connectivity index (χ4n) is 2.62. The van der Waals surface area contributed by atoms with E-state index in [2.05, 4.69) is 15.0 Å². The molecule has 0 spiro atoms. The van der Waals surface area contributed by atoms with Crippen LogP contribution in [0.25, 0.3) is 22.5 Å². The molecule has 0 aromatic carbocycles. The van der Waals surface area contributed by atoms with Gasteiger partial charge in [-0.1, -0.05) is 40.9 Å². The molecule has 0 saturated carbocycles. The molecule has 6 heteroatoms. The molecule has 3 heterocycles. The highest BCUT2D eigenvalue weighted by Gasteiger charge is 2.16. The van der Waals surface area contributed by atoms with Crippen LogP contribution in [-0.2, 0) is 0 Å². The van der Waals surface area contributed by atoms with Gasteiger partial charge < -0.3 is 0 Å². The Morgan fingerprint density at radius 1 is 0.708 bits per heavy atom. The first kappa shape index (κ1) is 17.2. The van der Waals surface area contributed by atoms with Crippen molar-refractivity contribution >= 4 is 34.8 Å². The van der Waals surface area contributed by atoms with Gasteiger partial charge in [-0.25, -0.2) is 15.0 Å². The molecule has 24 heavy (non-hydrogen) atoms. The summed E-state index contributed by atoms with van der Waals surface area (Å²) < 4.78 is 0. The minimum absolute atomic E-state index is 0.388. The maximum absolute atomic E-state index is 6.29. The fourth-order valence-corrected chi connectivity index (χ4v) is 3.12. The molecule has 0 unspecified atom stereocenters. The zero-order chi connectivity index (χ0) is 17.4. The Morgan fingerprint density at radius 2 is 1.38 bits per heavy atom. The number of hydrogen-bond acceptors (Lipinski definition) is 3. The lowest BCUT2D eigenvalue weighted by atomic mass is 9.97. The SMILES string of the molecule is Cc1cnc(Cl)cc1-c1nc(Cl)cc(-c2nc(Cl)ccc2C)c1C. The first-order valence-corrected chi connectivity index (χ1v) is 8.43. The molecule has 3 nitrogen and oxygen atoms in total. The third-order valence-corrected chi connectivity index (χ3v) is 4.50. The van der Waals surface area contributed by atoms with Crippen molar-refractivity contribution < 1.29 is 0 Å². The van der Waals surface area contributed by atoms with E-state index in [0.29, 0.717) is 15.5 Å². The molecule has 0 bridgehead atoms. The predicted octanol–water partition coefficient (Wildman–Crippen LogP) is 6.09. The largest absolute Gasteiger partial charge is 0.244 e. The molecule has 3 rings (SSSR count). The Balaban J connectivity index is 2.30. The van der Waals surface area contributed by atoms with Crippen LogP contribution in [0.4, 0.5) is 0 Å². The van der Waals surface area contributed by atoms with Crippen LogP contribution in [-0.4, -0.2) is 15.0 Å². The number of aromatic nitrogens is 3. The summed E-state index contributed by atoms with van der Waals surface area (Å²) in [6.45, 7) is 5.94. The van der Waals surface area contributed by atoms with E-state index in [0.717, 1.165) is 39.2 Å². The van der Waals surface area contributed by atoms with E-state index in [1.807, 2.05) is 32.9 Å². The second-order valence-electron chi connectivity index (χ2n) is 5.59. The minimum Gasteiger partial charge on any atom is -0.244 e. The lowest BCUT2D eigenvalue weighted by Crippen LogP contribution is -1.98. The summed E-state index contributed by atoms with van der Waals surface area (Å²) in [6, 6.07) is 7.31. The molecular formula is C18H14Cl3N3. The van der Waals surface area contributed by atoms with Crippen molar-refractivity contribution in [3.63, 3.8) is 0 Å². The summed E-state index contributed by atoms with van der Waals surface area (Å²) in [4.78, 5) is 13.1. The second-order valence-corrected chi connectivity index (χ2v) is 6.75. The maximum Gasteiger partial charge on any atom is 0.130 e. The summed E-state index contributed by atoms with van der Waals surface area (Å²) in [7, 11) is 0. The van der Waals surface area contributed by atoms with Gasteiger partial charge in [0.2, 0.25) is 0 Å². The summed E-state index contributed by atoms with van der Waals surface area (Å²) in [5.41, 5.74) is 6.30. The number of hydrogen-bond donors (Lipinski definition) is 0. The zero-order valence-corrected chi connectivity index (χ0v) is 15.6. The van der Waals surface area contributed by atoms with Crippen molar-refractivity contribution in [3.8, 4) is 22.5 Å². The van der Waals surface area contributed by atoms with E-state index >= 15 is 0 Å². The molecule has 0 aliphatic carbocycles. The van der Waals surface area contributed by atoms with Gasteiger partial charge in [-0.15, -0.1) is 0 Å². The molecule has 0 saturated heterocycles. The number of rotatable bonds is 2. The molecule has 0 amide bonds. The summed E-state index contributed by atoms with van der Waals surface area (Å²) in [5.74, 6) is 0. The average molecular weight is 379 g/mol. The molecule has 0 N–H and O–H groups in total. The van der Waals surface area contributed by atoms with Crippen molar-refractivity contribution in [1.82, 2.24) is 15.0 Å². The highest BCUT2D eigenvalue weighted by molar-refractivity contribution is 6.30. The average Bonchev–Trinajstić information content (AvgIpc) is 2.54. The molecular weight excluding hydrogens is 365 g/mol. The molecule has 122 valence electrons. The fraction of sp³-hybridized carbons (Fsp3) is 0.167. The molecule has 0 fully saturated rings. The van der Waals surface area contributed by atoms with Gasteiger partial charge in [0, 0.05) is 17.3 Å². The molecule has 0 aliphatic rings. The van der Waals surface area contributed by atoms with E-state index in [-0.39, 0.29) is 0 Å². The number of pyridine rings is 3. The maximum atomic E-state index is 6.29. The number of aryl methyl sites for hydroxylation is 2. The smallest absolute Gasteiger partial charge is 0.130 e. The van der Waals surface area contributed by atoms with Crippen LogP contribution in [0.15, 0.2) is 30.5 Å². The van der Waals surface area contributed by atoms with Crippen LogP contribution >= 0.6 is 34.8 Å². The van der Waals surface area contributed by atoms with E-state index in [9.17, 15) is 0 Å². The van der Waals surface area contributed by atoms with E-state index < -0.39 is 0 Å². The lowest BCUT2D eigenvalue weighted by molar-refractivity contribution is 1.20. The van der Waals surface area contributed by atoms with Crippen LogP contribution in [0.5, 0.6) is 0 Å². The van der Waals surface area contributed by atoms with Crippen molar-refractivity contribution in [2.24, 2.45) is 0 Å². The van der Waals surface area contributed by atoms with Crippen molar-refractivity contribution in [2.45, 2.75) is 20.8 Å². The quantitative estimate of drug-likeness (QED) is 0.506. The van der Waals surface area contributed by atoms with Crippen LogP contribution in [0.2, 0.25) is 15.5 Å². The second kappa shape index (κ2) is 6.67. The molecule has 0 atom stereocenters. The van der Waals surface area contributed by atoms with Crippen molar-refractivity contribution in [1.29, 1.82) is 0 Å². The third-order valence-electron chi connectivity index (χ3n) is 3.88. The molecule has 0 radical (unpaired) electrons. The van der Waals surface area contributed by atoms with Gasteiger partial charge in [-0.05, 0) is 55.7 Å². The monoisotopic (exact) mass is 377 g/mol. The van der Waals surface area contributed by atoms with Gasteiger partial charge in [0.05, 0.1) is 11.4 Å². The Labute approximate surface area is 155 Å². The molecule has 3 aromatic rings. The normalized spacial score (nSPS) is 10.9. The topological polar surface area (TPSA) is 38.7 Å². The number of nitrogens with zero attached hydrogens (tertiary/aromatic N) is 3. The zero-order valence-electron chi connectivity index (χ0n) is 13.4. The molecule has 0 aliphatic heterocycles. The summed E-state index contributed by atoms with van der Waals surface area (Å²) >= 11 is 18.4. The van der Waals surface area contributed by atoms with Gasteiger partial charge in [0.15, 0.2) is 0 Å². The highest BCUT2D eigenvalue weighted by atomic mass is 35.5. The first-order valence-electron chi connectivity index (χ1n) is 7.30. The van der Waals surface area contributed by atoms with E-state index in [1.54, 1.807) is 18.3 Å². The Kier molecular flexibility index (Phi) is 4.77. The van der Waals surface area contributed by atoms with Gasteiger partial charge in [-0.3, -0.25) is 0 Å². The van der Waals surface area contributed by atoms with Crippen LogP contribution in [0.3, 0.4) is 0 Å². The van der Waals surface area contributed by atoms with Gasteiger partial charge in [0.25, 0.3) is 0 Å². The van der Waals surface area contributed by atoms with Crippen LogP contribution < -0.4 is 0 Å². The summed E-state index contributed by atoms with van der Waals surface area (Å²) in [5, 5.41) is 1.24. The van der Waals surface area contributed by atoms with E-state index in [4.69, 9.17) is 34.8 Å². The highest BCUT2D eigenvalue weighted by Crippen LogP contribution is 2.35. The van der Waals surface area contributed by atoms with Crippen molar-refractivity contribution in [2.75, 3.05) is 0 Å². The standard InChI is InChI=1S/C18H14Cl3N3/c1-9-4-5-14(19)23-17(9)13-7-16(21)24-18(11(13)3)12-6-15(20)22-8-10(12)2/h4-8H,1-3H3. The van der Waals surface area contributed by atoms with Gasteiger partial charge in [0.1, 0.15) is 15.5 Å². The first-order chi connectivity index (χ1) is 11.4. The predicted molar refractivity (Wildman–Crippen MR) is 99.9 cm³/mol. The molecule has 3 aromatic heterocycles. The number of halogens is 3. The van der Waals surface area contributed by atoms with Crippen LogP contribution in [0.1, 0.15) is 16.7 Å². The lowest BCUT2D eigenvalue weighted by Gasteiger charge is -2.14. The minimum atomic E-state index is 0.388. The van der Waals surface area contributed by atoms with Gasteiger partial charge >= 0.3 is 0 Å².